The summed E-state index contributed by atoms with van der Waals surface area (Å²) in [6.07, 6.45) is 2.07. The molecule has 0 spiro atoms. The number of hydrogen-bond donors (Lipinski definition) is 1. The van der Waals surface area contributed by atoms with E-state index in [2.05, 4.69) is 15.2 Å². The number of benzene rings is 1. The van der Waals surface area contributed by atoms with Crippen molar-refractivity contribution in [1.82, 2.24) is 25.0 Å². The summed E-state index contributed by atoms with van der Waals surface area (Å²) in [5.41, 5.74) is 1.33. The molecule has 10 heteroatoms. The molecule has 0 saturated carbocycles. The Bertz CT molecular complexity index is 1160. The molecule has 1 N–H and O–H groups in total. The number of para-hydroxylation sites is 1. The number of ether oxygens (including phenoxy) is 2. The molecule has 36 heavy (non-hydrogen) atoms. The Morgan fingerprint density at radius 3 is 2.81 bits per heavy atom. The Hall–Kier alpha value is -3.66. The van der Waals surface area contributed by atoms with E-state index in [1.807, 2.05) is 29.2 Å². The second kappa shape index (κ2) is 10.1. The van der Waals surface area contributed by atoms with Gasteiger partial charge in [-0.05, 0) is 24.6 Å². The fourth-order valence-corrected chi connectivity index (χ4v) is 5.37. The van der Waals surface area contributed by atoms with Crippen LogP contribution in [0.2, 0.25) is 0 Å². The molecule has 3 amide bonds. The van der Waals surface area contributed by atoms with Crippen LogP contribution in [0.4, 0.5) is 0 Å². The number of nitrogens with zero attached hydrogens (tertiary/aromatic N) is 4. The van der Waals surface area contributed by atoms with Crippen LogP contribution < -0.4 is 14.8 Å². The predicted octanol–water partition coefficient (Wildman–Crippen LogP) is 0.915. The molecule has 190 valence electrons. The molecule has 2 bridgehead atoms. The van der Waals surface area contributed by atoms with Crippen LogP contribution >= 0.6 is 0 Å². The first kappa shape index (κ1) is 24.1. The number of methoxy groups -OCH3 is 1. The van der Waals surface area contributed by atoms with Gasteiger partial charge in [0.2, 0.25) is 17.7 Å². The van der Waals surface area contributed by atoms with Gasteiger partial charge in [-0.1, -0.05) is 18.2 Å². The molecular weight excluding hydrogens is 462 g/mol. The number of rotatable bonds is 3. The first-order valence-electron chi connectivity index (χ1n) is 12.2. The van der Waals surface area contributed by atoms with Crippen LogP contribution in [0.3, 0.4) is 0 Å². The number of piperazine rings is 1. The van der Waals surface area contributed by atoms with Crippen LogP contribution in [0.25, 0.3) is 0 Å². The van der Waals surface area contributed by atoms with Crippen molar-refractivity contribution in [3.05, 3.63) is 53.7 Å². The minimum Gasteiger partial charge on any atom is -0.496 e. The van der Waals surface area contributed by atoms with Gasteiger partial charge in [-0.25, -0.2) is 4.98 Å². The Morgan fingerprint density at radius 2 is 2.00 bits per heavy atom. The van der Waals surface area contributed by atoms with E-state index in [9.17, 15) is 14.4 Å². The summed E-state index contributed by atoms with van der Waals surface area (Å²) in [4.78, 5) is 49.2. The fourth-order valence-electron chi connectivity index (χ4n) is 5.37. The van der Waals surface area contributed by atoms with Crippen molar-refractivity contribution in [3.8, 4) is 11.6 Å². The van der Waals surface area contributed by atoms with E-state index in [0.29, 0.717) is 44.7 Å². The molecule has 5 rings (SSSR count). The van der Waals surface area contributed by atoms with Crippen molar-refractivity contribution in [2.24, 2.45) is 0 Å². The zero-order valence-corrected chi connectivity index (χ0v) is 20.6. The maximum absolute atomic E-state index is 14.0. The van der Waals surface area contributed by atoms with Gasteiger partial charge in [0, 0.05) is 57.4 Å². The average molecular weight is 494 g/mol. The van der Waals surface area contributed by atoms with Gasteiger partial charge in [0.1, 0.15) is 17.9 Å². The number of pyridine rings is 1. The number of carbonyl (C=O) groups excluding carboxylic acids is 3. The van der Waals surface area contributed by atoms with E-state index >= 15 is 0 Å². The zero-order chi connectivity index (χ0) is 25.2. The van der Waals surface area contributed by atoms with Crippen LogP contribution in [-0.4, -0.2) is 95.4 Å². The summed E-state index contributed by atoms with van der Waals surface area (Å²) in [5, 5.41) is 3.09. The molecule has 0 aliphatic carbocycles. The minimum absolute atomic E-state index is 0.0136. The molecule has 2 aromatic rings. The Morgan fingerprint density at radius 1 is 1.17 bits per heavy atom. The van der Waals surface area contributed by atoms with Crippen molar-refractivity contribution < 1.29 is 23.9 Å². The highest BCUT2D eigenvalue weighted by molar-refractivity contribution is 5.96. The highest BCUT2D eigenvalue weighted by atomic mass is 16.5. The smallest absolute Gasteiger partial charge is 0.257 e. The monoisotopic (exact) mass is 493 g/mol. The molecular formula is C26H31N5O5. The summed E-state index contributed by atoms with van der Waals surface area (Å²) in [5.74, 6) is 0.656. The van der Waals surface area contributed by atoms with E-state index in [4.69, 9.17) is 9.47 Å². The molecule has 2 saturated heterocycles. The van der Waals surface area contributed by atoms with Crippen molar-refractivity contribution in [2.75, 3.05) is 39.9 Å². The largest absolute Gasteiger partial charge is 0.496 e. The van der Waals surface area contributed by atoms with Crippen molar-refractivity contribution in [3.63, 3.8) is 0 Å². The Kier molecular flexibility index (Phi) is 6.77. The lowest BCUT2D eigenvalue weighted by Crippen LogP contribution is -2.61. The molecule has 3 atom stereocenters. The molecule has 0 unspecified atom stereocenters. The highest BCUT2D eigenvalue weighted by Gasteiger charge is 2.43. The number of nitrogens with one attached hydrogen (secondary N) is 1. The summed E-state index contributed by atoms with van der Waals surface area (Å²) in [7, 11) is 1.63. The number of hydrogen-bond acceptors (Lipinski definition) is 7. The first-order chi connectivity index (χ1) is 17.4. The molecule has 2 fully saturated rings. The number of likely N-dealkylation sites (tertiary alicyclic amines) is 1. The SMILES string of the molecule is COc1ccccc1CN1C[C@@H]2C[C@H]1C(=O)N1CCN(C(C)=O)C[C@H]1COc1ncccc1C(=O)N2. The van der Waals surface area contributed by atoms with Gasteiger partial charge in [0.05, 0.1) is 19.2 Å². The molecule has 3 aliphatic rings. The van der Waals surface area contributed by atoms with Crippen LogP contribution in [0.1, 0.15) is 29.3 Å². The van der Waals surface area contributed by atoms with Gasteiger partial charge in [0.25, 0.3) is 5.91 Å². The lowest BCUT2D eigenvalue weighted by molar-refractivity contribution is -0.146. The summed E-state index contributed by atoms with van der Waals surface area (Å²) >= 11 is 0. The van der Waals surface area contributed by atoms with Crippen molar-refractivity contribution in [2.45, 2.75) is 38.0 Å². The van der Waals surface area contributed by atoms with Crippen LogP contribution in [0.15, 0.2) is 42.6 Å². The van der Waals surface area contributed by atoms with Crippen LogP contribution in [0, 0.1) is 0 Å². The van der Waals surface area contributed by atoms with Gasteiger partial charge in [-0.2, -0.15) is 0 Å². The standard InChI is InChI=1S/C26H31N5O5/c1-17(32)29-10-11-31-20(15-29)16-36-25-21(7-5-9-27-25)24(33)28-19-12-22(26(31)34)30(14-19)13-18-6-3-4-8-23(18)35-2/h3-9,19-20,22H,10-16H2,1-2H3,(H,28,33)/t19-,20-,22-/m0/s1. The second-order valence-corrected chi connectivity index (χ2v) is 9.48. The second-order valence-electron chi connectivity index (χ2n) is 9.48. The molecule has 1 aromatic heterocycles. The van der Waals surface area contributed by atoms with E-state index in [0.717, 1.165) is 11.3 Å². The molecule has 1 aromatic carbocycles. The zero-order valence-electron chi connectivity index (χ0n) is 20.6. The number of aromatic nitrogens is 1. The van der Waals surface area contributed by atoms with Crippen molar-refractivity contribution >= 4 is 17.7 Å². The molecule has 0 radical (unpaired) electrons. The molecule has 3 aliphatic heterocycles. The van der Waals surface area contributed by atoms with E-state index in [1.165, 1.54) is 6.92 Å². The van der Waals surface area contributed by atoms with Gasteiger partial charge in [-0.15, -0.1) is 0 Å². The Labute approximate surface area is 210 Å². The molecule has 4 heterocycles. The quantitative estimate of drug-likeness (QED) is 0.678. The summed E-state index contributed by atoms with van der Waals surface area (Å²) in [6, 6.07) is 10.2. The van der Waals surface area contributed by atoms with E-state index in [-0.39, 0.29) is 42.3 Å². The lowest BCUT2D eigenvalue weighted by atomic mass is 10.1. The number of fused-ring (bicyclic) bond motifs is 4. The average Bonchev–Trinajstić information content (AvgIpc) is 3.28. The lowest BCUT2D eigenvalue weighted by Gasteiger charge is -2.42. The van der Waals surface area contributed by atoms with Gasteiger partial charge >= 0.3 is 0 Å². The van der Waals surface area contributed by atoms with Gasteiger partial charge in [0.15, 0.2) is 0 Å². The number of amides is 3. The number of carbonyl (C=O) groups is 3. The van der Waals surface area contributed by atoms with Crippen molar-refractivity contribution in [1.29, 1.82) is 0 Å². The summed E-state index contributed by atoms with van der Waals surface area (Å²) < 4.78 is 11.5. The normalized spacial score (nSPS) is 24.6. The third kappa shape index (κ3) is 4.73. The van der Waals surface area contributed by atoms with Gasteiger partial charge < -0.3 is 24.6 Å². The topological polar surface area (TPSA) is 104 Å². The predicted molar refractivity (Wildman–Crippen MR) is 131 cm³/mol. The molecule has 10 nitrogen and oxygen atoms in total. The third-order valence-corrected chi connectivity index (χ3v) is 7.23. The van der Waals surface area contributed by atoms with Crippen LogP contribution in [-0.2, 0) is 16.1 Å². The maximum atomic E-state index is 14.0. The fraction of sp³-hybridized carbons (Fsp3) is 0.462. The summed E-state index contributed by atoms with van der Waals surface area (Å²) in [6.45, 7) is 3.98. The highest BCUT2D eigenvalue weighted by Crippen LogP contribution is 2.29. The third-order valence-electron chi connectivity index (χ3n) is 7.23. The van der Waals surface area contributed by atoms with Gasteiger partial charge in [-0.3, -0.25) is 19.3 Å². The van der Waals surface area contributed by atoms with E-state index in [1.54, 1.807) is 30.3 Å². The van der Waals surface area contributed by atoms with E-state index < -0.39 is 6.04 Å². The first-order valence-corrected chi connectivity index (χ1v) is 12.2. The minimum atomic E-state index is -0.417. The maximum Gasteiger partial charge on any atom is 0.257 e. The van der Waals surface area contributed by atoms with Crippen LogP contribution in [0.5, 0.6) is 11.6 Å². The Balaban J connectivity index is 1.49.